The highest BCUT2D eigenvalue weighted by Gasteiger charge is 2.29. The van der Waals surface area contributed by atoms with E-state index < -0.39 is 5.82 Å². The average molecular weight is 378 g/mol. The van der Waals surface area contributed by atoms with Crippen molar-refractivity contribution in [3.05, 3.63) is 47.7 Å². The van der Waals surface area contributed by atoms with E-state index in [0.29, 0.717) is 19.0 Å². The van der Waals surface area contributed by atoms with Crippen LogP contribution in [-0.4, -0.2) is 59.9 Å². The van der Waals surface area contributed by atoms with Crippen molar-refractivity contribution < 1.29 is 18.6 Å². The number of piperazine rings is 1. The second-order valence-electron chi connectivity index (χ2n) is 6.51. The van der Waals surface area contributed by atoms with Crippen molar-refractivity contribution in [2.45, 2.75) is 18.9 Å². The lowest BCUT2D eigenvalue weighted by atomic mass is 10.0. The summed E-state index contributed by atoms with van der Waals surface area (Å²) in [5.41, 5.74) is 0.999. The Morgan fingerprint density at radius 2 is 1.96 bits per heavy atom. The minimum absolute atomic E-state index is 0.0256. The molecule has 0 radical (unpaired) electrons. The second kappa shape index (κ2) is 9.05. The number of hydrogen-bond acceptors (Lipinski definition) is 6. The van der Waals surface area contributed by atoms with Gasteiger partial charge in [0.25, 0.3) is 5.88 Å². The maximum absolute atomic E-state index is 13.6. The van der Waals surface area contributed by atoms with Crippen molar-refractivity contribution in [2.75, 3.05) is 44.8 Å². The summed E-state index contributed by atoms with van der Waals surface area (Å²) in [6, 6.07) is 6.51. The molecule has 0 aliphatic carbocycles. The van der Waals surface area contributed by atoms with Gasteiger partial charge in [-0.1, -0.05) is 12.1 Å². The lowest BCUT2D eigenvalue weighted by Crippen LogP contribution is -2.49. The zero-order valence-electron chi connectivity index (χ0n) is 15.3. The molecule has 1 aromatic carbocycles. The van der Waals surface area contributed by atoms with Crippen LogP contribution in [0.5, 0.6) is 5.88 Å². The Kier molecular flexibility index (Phi) is 6.52. The van der Waals surface area contributed by atoms with Gasteiger partial charge in [0.15, 0.2) is 0 Å². The molecule has 0 saturated carbocycles. The predicted octanol–water partition coefficient (Wildman–Crippen LogP) is 2.40. The maximum atomic E-state index is 13.6. The Balaban J connectivity index is 1.81. The average Bonchev–Trinajstić information content (AvgIpc) is 2.69. The van der Waals surface area contributed by atoms with Crippen molar-refractivity contribution in [2.24, 2.45) is 0 Å². The Morgan fingerprint density at radius 3 is 2.67 bits per heavy atom. The van der Waals surface area contributed by atoms with Gasteiger partial charge in [0.05, 0.1) is 19.3 Å². The summed E-state index contributed by atoms with van der Waals surface area (Å²) in [5.74, 6) is -0.539. The van der Waals surface area contributed by atoms with Crippen LogP contribution in [0.2, 0.25) is 0 Å². The van der Waals surface area contributed by atoms with Crippen LogP contribution < -0.4 is 9.64 Å². The van der Waals surface area contributed by atoms with Gasteiger partial charge >= 0.3 is 0 Å². The molecule has 0 amide bonds. The Labute approximate surface area is 157 Å². The fraction of sp³-hybridized carbons (Fsp3) is 0.474. The number of rotatable bonds is 7. The third-order valence-corrected chi connectivity index (χ3v) is 4.77. The van der Waals surface area contributed by atoms with Crippen LogP contribution in [0, 0.1) is 11.6 Å². The van der Waals surface area contributed by atoms with E-state index in [4.69, 9.17) is 9.84 Å². The molecule has 1 aliphatic heterocycles. The lowest BCUT2D eigenvalue weighted by Gasteiger charge is -2.41. The van der Waals surface area contributed by atoms with Crippen molar-refractivity contribution in [1.29, 1.82) is 0 Å². The molecule has 2 aromatic rings. The Hall–Kier alpha value is -2.32. The minimum atomic E-state index is -0.598. The van der Waals surface area contributed by atoms with Gasteiger partial charge in [-0.05, 0) is 37.1 Å². The number of unbranched alkanes of at least 4 members (excludes halogenated alkanes) is 1. The van der Waals surface area contributed by atoms with Crippen molar-refractivity contribution >= 4 is 5.95 Å². The summed E-state index contributed by atoms with van der Waals surface area (Å²) in [5, 5.41) is 9.04. The van der Waals surface area contributed by atoms with Crippen molar-refractivity contribution in [3.8, 4) is 5.88 Å². The molecule has 1 fully saturated rings. The normalized spacial score (nSPS) is 17.9. The number of halogens is 2. The third-order valence-electron chi connectivity index (χ3n) is 4.77. The zero-order chi connectivity index (χ0) is 19.2. The highest BCUT2D eigenvalue weighted by atomic mass is 19.1. The SMILES string of the molecule is COc1nc(N2CCN(CCCCO)C(c3ccc(F)cc3)C2)ncc1F. The molecule has 1 unspecified atom stereocenters. The quantitative estimate of drug-likeness (QED) is 0.747. The van der Waals surface area contributed by atoms with Crippen LogP contribution in [0.1, 0.15) is 24.4 Å². The fourth-order valence-corrected chi connectivity index (χ4v) is 3.34. The van der Waals surface area contributed by atoms with Crippen LogP contribution in [0.15, 0.2) is 30.5 Å². The fourth-order valence-electron chi connectivity index (χ4n) is 3.34. The summed E-state index contributed by atoms with van der Waals surface area (Å²) in [6.07, 6.45) is 2.74. The van der Waals surface area contributed by atoms with Crippen molar-refractivity contribution in [3.63, 3.8) is 0 Å². The van der Waals surface area contributed by atoms with E-state index in [9.17, 15) is 8.78 Å². The predicted molar refractivity (Wildman–Crippen MR) is 97.8 cm³/mol. The van der Waals surface area contributed by atoms with Crippen molar-refractivity contribution in [1.82, 2.24) is 14.9 Å². The number of aromatic nitrogens is 2. The van der Waals surface area contributed by atoms with E-state index in [1.165, 1.54) is 19.2 Å². The standard InChI is InChI=1S/C19H24F2N4O2/c1-27-18-16(21)12-22-19(23-18)25-10-9-24(8-2-3-11-26)17(13-25)14-4-6-15(20)7-5-14/h4-7,12,17,26H,2-3,8-11,13H2,1H3. The van der Waals surface area contributed by atoms with E-state index in [0.717, 1.165) is 37.7 Å². The number of aliphatic hydroxyl groups is 1. The molecule has 0 spiro atoms. The molecule has 1 aromatic heterocycles. The van der Waals surface area contributed by atoms with Crippen LogP contribution in [0.25, 0.3) is 0 Å². The number of hydrogen-bond donors (Lipinski definition) is 1. The molecule has 1 atom stereocenters. The molecule has 6 nitrogen and oxygen atoms in total. The lowest BCUT2D eigenvalue weighted by molar-refractivity contribution is 0.167. The summed E-state index contributed by atoms with van der Waals surface area (Å²) in [7, 11) is 1.37. The highest BCUT2D eigenvalue weighted by Crippen LogP contribution is 2.28. The summed E-state index contributed by atoms with van der Waals surface area (Å²) in [6.45, 7) is 3.05. The molecule has 8 heteroatoms. The Morgan fingerprint density at radius 1 is 1.19 bits per heavy atom. The van der Waals surface area contributed by atoms with Gasteiger partial charge in [0.1, 0.15) is 5.82 Å². The number of ether oxygens (including phenoxy) is 1. The number of methoxy groups -OCH3 is 1. The molecular formula is C19H24F2N4O2. The summed E-state index contributed by atoms with van der Waals surface area (Å²) < 4.78 is 31.9. The molecular weight excluding hydrogens is 354 g/mol. The number of benzene rings is 1. The third kappa shape index (κ3) is 4.70. The van der Waals surface area contributed by atoms with Gasteiger partial charge < -0.3 is 14.7 Å². The first-order valence-electron chi connectivity index (χ1n) is 9.04. The van der Waals surface area contributed by atoms with Gasteiger partial charge in [-0.25, -0.2) is 9.37 Å². The molecule has 1 saturated heterocycles. The van der Waals surface area contributed by atoms with Crippen LogP contribution in [-0.2, 0) is 0 Å². The van der Waals surface area contributed by atoms with E-state index in [-0.39, 0.29) is 24.3 Å². The monoisotopic (exact) mass is 378 g/mol. The van der Waals surface area contributed by atoms with Gasteiger partial charge in [0, 0.05) is 26.2 Å². The van der Waals surface area contributed by atoms with Crippen LogP contribution in [0.4, 0.5) is 14.7 Å². The maximum Gasteiger partial charge on any atom is 0.255 e. The molecule has 1 N–H and O–H groups in total. The van der Waals surface area contributed by atoms with E-state index in [1.54, 1.807) is 12.1 Å². The zero-order valence-corrected chi connectivity index (χ0v) is 15.3. The molecule has 3 rings (SSSR count). The van der Waals surface area contributed by atoms with E-state index >= 15 is 0 Å². The molecule has 0 bridgehead atoms. The van der Waals surface area contributed by atoms with Gasteiger partial charge in [-0.3, -0.25) is 4.90 Å². The molecule has 146 valence electrons. The number of anilines is 1. The molecule has 27 heavy (non-hydrogen) atoms. The topological polar surface area (TPSA) is 61.7 Å². The summed E-state index contributed by atoms with van der Waals surface area (Å²) in [4.78, 5) is 12.6. The minimum Gasteiger partial charge on any atom is -0.479 e. The first-order valence-corrected chi connectivity index (χ1v) is 9.04. The first-order chi connectivity index (χ1) is 13.1. The van der Waals surface area contributed by atoms with Crippen LogP contribution >= 0.6 is 0 Å². The largest absolute Gasteiger partial charge is 0.479 e. The number of aliphatic hydroxyl groups excluding tert-OH is 1. The first kappa shape index (κ1) is 19.4. The number of nitrogens with zero attached hydrogens (tertiary/aromatic N) is 4. The van der Waals surface area contributed by atoms with E-state index in [1.807, 2.05) is 4.90 Å². The smallest absolute Gasteiger partial charge is 0.255 e. The van der Waals surface area contributed by atoms with Gasteiger partial charge in [0.2, 0.25) is 11.8 Å². The van der Waals surface area contributed by atoms with Gasteiger partial charge in [-0.2, -0.15) is 9.37 Å². The van der Waals surface area contributed by atoms with Gasteiger partial charge in [-0.15, -0.1) is 0 Å². The highest BCUT2D eigenvalue weighted by molar-refractivity contribution is 5.35. The van der Waals surface area contributed by atoms with E-state index in [2.05, 4.69) is 14.9 Å². The molecule has 1 aliphatic rings. The van der Waals surface area contributed by atoms with Crippen LogP contribution in [0.3, 0.4) is 0 Å². The molecule has 2 heterocycles. The second-order valence-corrected chi connectivity index (χ2v) is 6.51. The summed E-state index contributed by atoms with van der Waals surface area (Å²) >= 11 is 0. The Bertz CT molecular complexity index is 745.